The highest BCUT2D eigenvalue weighted by Crippen LogP contribution is 2.29. The predicted octanol–water partition coefficient (Wildman–Crippen LogP) is 2.74. The highest BCUT2D eigenvalue weighted by atomic mass is 32.1. The minimum Gasteiger partial charge on any atom is -0.396 e. The zero-order chi connectivity index (χ0) is 17.1. The first-order valence-electron chi connectivity index (χ1n) is 8.51. The van der Waals surface area contributed by atoms with Gasteiger partial charge in [0.25, 0.3) is 0 Å². The maximum absolute atomic E-state index is 12.6. The lowest BCUT2D eigenvalue weighted by molar-refractivity contribution is -0.119. The number of rotatable bonds is 5. The summed E-state index contributed by atoms with van der Waals surface area (Å²) in [6.07, 6.45) is 4.21. The molecule has 1 N–H and O–H groups in total. The molecule has 24 heavy (non-hydrogen) atoms. The van der Waals surface area contributed by atoms with Crippen LogP contribution in [0, 0.1) is 5.92 Å². The van der Waals surface area contributed by atoms with Gasteiger partial charge in [-0.05, 0) is 50.8 Å². The molecule has 1 fully saturated rings. The van der Waals surface area contributed by atoms with Crippen LogP contribution in [-0.2, 0) is 4.79 Å². The fourth-order valence-electron chi connectivity index (χ4n) is 3.33. The molecule has 0 unspecified atom stereocenters. The van der Waals surface area contributed by atoms with E-state index in [1.165, 1.54) is 0 Å². The molecule has 2 aromatic rings. The highest BCUT2D eigenvalue weighted by molar-refractivity contribution is 7.22. The van der Waals surface area contributed by atoms with E-state index in [9.17, 15) is 9.90 Å². The van der Waals surface area contributed by atoms with E-state index >= 15 is 0 Å². The van der Waals surface area contributed by atoms with Crippen molar-refractivity contribution in [3.8, 4) is 0 Å². The van der Waals surface area contributed by atoms with E-state index in [1.54, 1.807) is 23.3 Å². The minimum atomic E-state index is 0.0702. The van der Waals surface area contributed by atoms with Crippen molar-refractivity contribution < 1.29 is 9.90 Å². The summed E-state index contributed by atoms with van der Waals surface area (Å²) in [7, 11) is 3.82. The molecule has 1 amide bonds. The van der Waals surface area contributed by atoms with Crippen molar-refractivity contribution >= 4 is 32.6 Å². The number of likely N-dealkylation sites (N-methyl/N-ethyl adjacent to an activating group) is 2. The third kappa shape index (κ3) is 3.77. The lowest BCUT2D eigenvalue weighted by Crippen LogP contribution is -2.43. The highest BCUT2D eigenvalue weighted by Gasteiger charge is 2.26. The first-order chi connectivity index (χ1) is 11.6. The number of thiazole rings is 1. The van der Waals surface area contributed by atoms with Gasteiger partial charge in [-0.15, -0.1) is 0 Å². The summed E-state index contributed by atoms with van der Waals surface area (Å²) in [5.41, 5.74) is 0.938. The van der Waals surface area contributed by atoms with Gasteiger partial charge in [-0.3, -0.25) is 14.6 Å². The van der Waals surface area contributed by atoms with Crippen molar-refractivity contribution in [3.05, 3.63) is 24.3 Å². The summed E-state index contributed by atoms with van der Waals surface area (Å²) in [4.78, 5) is 21.0. The van der Waals surface area contributed by atoms with Crippen LogP contribution in [0.1, 0.15) is 25.7 Å². The molecule has 1 heterocycles. The Labute approximate surface area is 146 Å². The maximum Gasteiger partial charge on any atom is 0.242 e. The molecule has 5 nitrogen and oxygen atoms in total. The number of benzene rings is 1. The van der Waals surface area contributed by atoms with Gasteiger partial charge >= 0.3 is 0 Å². The zero-order valence-electron chi connectivity index (χ0n) is 14.3. The molecule has 3 rings (SSSR count). The fraction of sp³-hybridized carbons (Fsp3) is 0.556. The minimum absolute atomic E-state index is 0.0702. The average Bonchev–Trinajstić information content (AvgIpc) is 3.05. The van der Waals surface area contributed by atoms with Crippen LogP contribution >= 0.6 is 11.3 Å². The van der Waals surface area contributed by atoms with Crippen molar-refractivity contribution in [2.24, 2.45) is 5.92 Å². The van der Waals surface area contributed by atoms with Crippen LogP contribution in [0.2, 0.25) is 0 Å². The van der Waals surface area contributed by atoms with Gasteiger partial charge in [0.2, 0.25) is 5.91 Å². The molecule has 1 saturated carbocycles. The van der Waals surface area contributed by atoms with E-state index in [1.807, 2.05) is 31.3 Å². The third-order valence-corrected chi connectivity index (χ3v) is 6.14. The number of amides is 1. The van der Waals surface area contributed by atoms with Crippen LogP contribution in [0.5, 0.6) is 0 Å². The van der Waals surface area contributed by atoms with Gasteiger partial charge in [0.15, 0.2) is 5.13 Å². The average molecular weight is 347 g/mol. The third-order valence-electron chi connectivity index (χ3n) is 5.03. The zero-order valence-corrected chi connectivity index (χ0v) is 15.1. The van der Waals surface area contributed by atoms with E-state index in [0.29, 0.717) is 18.5 Å². The number of fused-ring (bicyclic) bond motifs is 1. The van der Waals surface area contributed by atoms with Crippen molar-refractivity contribution in [2.45, 2.75) is 31.7 Å². The van der Waals surface area contributed by atoms with Crippen molar-refractivity contribution in [3.63, 3.8) is 0 Å². The first kappa shape index (κ1) is 17.3. The fourth-order valence-corrected chi connectivity index (χ4v) is 4.27. The molecule has 1 aromatic carbocycles. The van der Waals surface area contributed by atoms with E-state index in [4.69, 9.17) is 0 Å². The number of aliphatic hydroxyl groups excluding tert-OH is 1. The number of carbonyl (C=O) groups excluding carboxylic acids is 1. The van der Waals surface area contributed by atoms with E-state index in [2.05, 4.69) is 9.88 Å². The van der Waals surface area contributed by atoms with Gasteiger partial charge in [0.1, 0.15) is 0 Å². The first-order valence-corrected chi connectivity index (χ1v) is 9.33. The quantitative estimate of drug-likeness (QED) is 0.903. The Bertz CT molecular complexity index is 661. The number of hydrogen-bond acceptors (Lipinski definition) is 5. The van der Waals surface area contributed by atoms with Crippen LogP contribution in [0.15, 0.2) is 24.3 Å². The molecular formula is C18H25N3O2S. The van der Waals surface area contributed by atoms with Gasteiger partial charge in [0.05, 0.1) is 16.8 Å². The number of nitrogens with zero attached hydrogens (tertiary/aromatic N) is 3. The Morgan fingerprint density at radius 2 is 1.96 bits per heavy atom. The molecule has 130 valence electrons. The predicted molar refractivity (Wildman–Crippen MR) is 98.5 cm³/mol. The molecule has 0 spiro atoms. The normalized spacial score (nSPS) is 21.3. The summed E-state index contributed by atoms with van der Waals surface area (Å²) in [5.74, 6) is 0.511. The molecular weight excluding hydrogens is 322 g/mol. The molecule has 0 saturated heterocycles. The second kappa shape index (κ2) is 7.59. The van der Waals surface area contributed by atoms with Crippen molar-refractivity contribution in [1.82, 2.24) is 9.88 Å². The molecule has 0 bridgehead atoms. The van der Waals surface area contributed by atoms with Crippen molar-refractivity contribution in [1.29, 1.82) is 0 Å². The number of carbonyl (C=O) groups is 1. The summed E-state index contributed by atoms with van der Waals surface area (Å²) < 4.78 is 1.10. The van der Waals surface area contributed by atoms with Crippen LogP contribution in [0.3, 0.4) is 0 Å². The van der Waals surface area contributed by atoms with Gasteiger partial charge < -0.3 is 5.11 Å². The summed E-state index contributed by atoms with van der Waals surface area (Å²) in [5, 5.41) is 9.99. The summed E-state index contributed by atoms with van der Waals surface area (Å²) in [6, 6.07) is 8.38. The topological polar surface area (TPSA) is 56.7 Å². The number of aliphatic hydroxyl groups is 1. The Hall–Kier alpha value is -1.50. The van der Waals surface area contributed by atoms with Crippen LogP contribution in [0.25, 0.3) is 10.2 Å². The SMILES string of the molecule is CN(C(=O)CN(C)C1CCC(CO)CC1)c1nc2ccccc2s1. The molecule has 1 aliphatic rings. The Kier molecular flexibility index (Phi) is 5.48. The molecule has 1 aliphatic carbocycles. The van der Waals surface area contributed by atoms with E-state index in [-0.39, 0.29) is 12.5 Å². The monoisotopic (exact) mass is 347 g/mol. The Morgan fingerprint density at radius 3 is 2.62 bits per heavy atom. The Balaban J connectivity index is 1.59. The molecule has 0 radical (unpaired) electrons. The Morgan fingerprint density at radius 1 is 1.25 bits per heavy atom. The molecule has 0 atom stereocenters. The second-order valence-corrected chi connectivity index (χ2v) is 7.70. The van der Waals surface area contributed by atoms with Crippen LogP contribution < -0.4 is 4.90 Å². The molecule has 1 aromatic heterocycles. The van der Waals surface area contributed by atoms with Gasteiger partial charge in [-0.2, -0.15) is 0 Å². The largest absolute Gasteiger partial charge is 0.396 e. The smallest absolute Gasteiger partial charge is 0.242 e. The van der Waals surface area contributed by atoms with Gasteiger partial charge in [-0.1, -0.05) is 23.5 Å². The van der Waals surface area contributed by atoms with E-state index < -0.39 is 0 Å². The van der Waals surface area contributed by atoms with E-state index in [0.717, 1.165) is 41.0 Å². The lowest BCUT2D eigenvalue weighted by Gasteiger charge is -2.34. The van der Waals surface area contributed by atoms with Crippen molar-refractivity contribution in [2.75, 3.05) is 32.1 Å². The standard InChI is InChI=1S/C18H25N3O2S/c1-20(14-9-7-13(12-22)8-10-14)11-17(23)21(2)18-19-15-5-3-4-6-16(15)24-18/h3-6,13-14,22H,7-12H2,1-2H3. The lowest BCUT2D eigenvalue weighted by atomic mass is 9.86. The summed E-state index contributed by atoms with van der Waals surface area (Å²) in [6.45, 7) is 0.691. The van der Waals surface area contributed by atoms with Gasteiger partial charge in [-0.25, -0.2) is 4.98 Å². The number of para-hydroxylation sites is 1. The van der Waals surface area contributed by atoms with Gasteiger partial charge in [0, 0.05) is 19.7 Å². The number of hydrogen-bond donors (Lipinski definition) is 1. The molecule has 0 aliphatic heterocycles. The molecule has 6 heteroatoms. The number of aromatic nitrogens is 1. The maximum atomic E-state index is 12.6. The number of anilines is 1. The second-order valence-electron chi connectivity index (χ2n) is 6.69. The summed E-state index contributed by atoms with van der Waals surface area (Å²) >= 11 is 1.55. The van der Waals surface area contributed by atoms with Crippen LogP contribution in [0.4, 0.5) is 5.13 Å². The van der Waals surface area contributed by atoms with Crippen LogP contribution in [-0.4, -0.2) is 54.2 Å².